The first-order chi connectivity index (χ1) is 11.8. The molecule has 0 unspecified atom stereocenters. The molecule has 24 heavy (non-hydrogen) atoms. The van der Waals surface area contributed by atoms with E-state index in [4.69, 9.17) is 0 Å². The molecule has 0 aromatic carbocycles. The van der Waals surface area contributed by atoms with Crippen molar-refractivity contribution < 1.29 is 4.79 Å². The maximum absolute atomic E-state index is 12.1. The summed E-state index contributed by atoms with van der Waals surface area (Å²) in [7, 11) is 0. The summed E-state index contributed by atoms with van der Waals surface area (Å²) in [5.41, 5.74) is 2.17. The predicted molar refractivity (Wildman–Crippen MR) is 91.2 cm³/mol. The molecule has 2 aliphatic heterocycles. The molecule has 5 heteroatoms. The van der Waals surface area contributed by atoms with Gasteiger partial charge < -0.3 is 5.32 Å². The number of aromatic nitrogens is 2. The molecule has 124 valence electrons. The van der Waals surface area contributed by atoms with E-state index in [1.54, 1.807) is 6.20 Å². The third-order valence-electron chi connectivity index (χ3n) is 5.39. The lowest BCUT2D eigenvalue weighted by atomic mass is 9.75. The van der Waals surface area contributed by atoms with Crippen molar-refractivity contribution in [3.63, 3.8) is 0 Å². The number of piperidine rings is 1. The van der Waals surface area contributed by atoms with Gasteiger partial charge in [-0.1, -0.05) is 12.1 Å². The molecular formula is C19H22N4O. The predicted octanol–water partition coefficient (Wildman–Crippen LogP) is 2.11. The lowest BCUT2D eigenvalue weighted by Gasteiger charge is -2.42. The van der Waals surface area contributed by atoms with Crippen LogP contribution in [0.15, 0.2) is 48.9 Å². The molecule has 2 aromatic heterocycles. The Hall–Kier alpha value is -2.27. The molecule has 2 aromatic rings. The van der Waals surface area contributed by atoms with Gasteiger partial charge in [0, 0.05) is 56.1 Å². The van der Waals surface area contributed by atoms with Crippen LogP contribution in [-0.4, -0.2) is 39.4 Å². The van der Waals surface area contributed by atoms with Crippen molar-refractivity contribution in [2.45, 2.75) is 37.3 Å². The zero-order chi connectivity index (χ0) is 16.4. The summed E-state index contributed by atoms with van der Waals surface area (Å²) in [6.45, 7) is 2.84. The van der Waals surface area contributed by atoms with E-state index < -0.39 is 0 Å². The Morgan fingerprint density at radius 3 is 2.75 bits per heavy atom. The van der Waals surface area contributed by atoms with Crippen molar-refractivity contribution in [3.8, 4) is 0 Å². The fourth-order valence-corrected chi connectivity index (χ4v) is 4.12. The Bertz CT molecular complexity index is 696. The zero-order valence-corrected chi connectivity index (χ0v) is 13.7. The highest BCUT2D eigenvalue weighted by Crippen LogP contribution is 2.42. The summed E-state index contributed by atoms with van der Waals surface area (Å²) in [5, 5.41) is 3.29. The molecule has 1 N–H and O–H groups in total. The Kier molecular flexibility index (Phi) is 4.02. The minimum absolute atomic E-state index is 0.110. The first kappa shape index (κ1) is 15.3. The Morgan fingerprint density at radius 2 is 2.04 bits per heavy atom. The van der Waals surface area contributed by atoms with Gasteiger partial charge in [-0.15, -0.1) is 0 Å². The minimum Gasteiger partial charge on any atom is -0.350 e. The van der Waals surface area contributed by atoms with Crippen molar-refractivity contribution in [3.05, 3.63) is 60.2 Å². The van der Waals surface area contributed by atoms with Crippen LogP contribution < -0.4 is 5.32 Å². The lowest BCUT2D eigenvalue weighted by molar-refractivity contribution is -0.120. The standard InChI is InChI=1S/C19H22N4O/c24-18-12-17(15-4-3-8-20-13-15)19(22-18)6-10-23(11-7-19)14-16-5-1-2-9-21-16/h1-5,8-9,13,17H,6-7,10-12,14H2,(H,22,24)/t17-/m0/s1. The van der Waals surface area contributed by atoms with Gasteiger partial charge in [-0.05, 0) is 36.6 Å². The third-order valence-corrected chi connectivity index (χ3v) is 5.39. The van der Waals surface area contributed by atoms with E-state index in [0.717, 1.165) is 38.2 Å². The van der Waals surface area contributed by atoms with Crippen LogP contribution in [-0.2, 0) is 11.3 Å². The number of hydrogen-bond donors (Lipinski definition) is 1. The highest BCUT2D eigenvalue weighted by Gasteiger charge is 2.48. The van der Waals surface area contributed by atoms with Crippen molar-refractivity contribution in [1.29, 1.82) is 0 Å². The first-order valence-corrected chi connectivity index (χ1v) is 8.58. The van der Waals surface area contributed by atoms with Gasteiger partial charge in [0.25, 0.3) is 0 Å². The van der Waals surface area contributed by atoms with Crippen molar-refractivity contribution in [2.24, 2.45) is 0 Å². The molecule has 1 spiro atoms. The van der Waals surface area contributed by atoms with Gasteiger partial charge in [-0.2, -0.15) is 0 Å². The quantitative estimate of drug-likeness (QED) is 0.940. The second-order valence-corrected chi connectivity index (χ2v) is 6.84. The maximum Gasteiger partial charge on any atom is 0.221 e. The summed E-state index contributed by atoms with van der Waals surface area (Å²) < 4.78 is 0. The van der Waals surface area contributed by atoms with E-state index in [-0.39, 0.29) is 17.4 Å². The molecule has 2 fully saturated rings. The number of carbonyl (C=O) groups is 1. The lowest BCUT2D eigenvalue weighted by Crippen LogP contribution is -2.53. The van der Waals surface area contributed by atoms with Gasteiger partial charge in [0.1, 0.15) is 0 Å². The van der Waals surface area contributed by atoms with E-state index in [9.17, 15) is 4.79 Å². The van der Waals surface area contributed by atoms with Crippen LogP contribution >= 0.6 is 0 Å². The van der Waals surface area contributed by atoms with E-state index in [0.29, 0.717) is 6.42 Å². The number of nitrogens with zero attached hydrogens (tertiary/aromatic N) is 3. The fourth-order valence-electron chi connectivity index (χ4n) is 4.12. The van der Waals surface area contributed by atoms with Crippen LogP contribution in [0.5, 0.6) is 0 Å². The molecule has 0 aliphatic carbocycles. The van der Waals surface area contributed by atoms with Gasteiger partial charge in [0.05, 0.1) is 5.69 Å². The fraction of sp³-hybridized carbons (Fsp3) is 0.421. The van der Waals surface area contributed by atoms with Gasteiger partial charge in [0.2, 0.25) is 5.91 Å². The molecule has 0 saturated carbocycles. The topological polar surface area (TPSA) is 58.1 Å². The van der Waals surface area contributed by atoms with Gasteiger partial charge in [-0.25, -0.2) is 0 Å². The van der Waals surface area contributed by atoms with Crippen LogP contribution in [0, 0.1) is 0 Å². The maximum atomic E-state index is 12.1. The molecule has 4 rings (SSSR count). The number of likely N-dealkylation sites (tertiary alicyclic amines) is 1. The molecule has 2 saturated heterocycles. The molecule has 1 amide bonds. The highest BCUT2D eigenvalue weighted by molar-refractivity contribution is 5.81. The van der Waals surface area contributed by atoms with Gasteiger partial charge >= 0.3 is 0 Å². The Balaban J connectivity index is 1.47. The Labute approximate surface area is 142 Å². The summed E-state index contributed by atoms with van der Waals surface area (Å²) in [4.78, 5) is 23.2. The number of amides is 1. The summed E-state index contributed by atoms with van der Waals surface area (Å²) in [6, 6.07) is 10.1. The minimum atomic E-state index is -0.110. The number of pyridine rings is 2. The van der Waals surface area contributed by atoms with Crippen LogP contribution in [0.1, 0.15) is 36.4 Å². The van der Waals surface area contributed by atoms with Crippen molar-refractivity contribution >= 4 is 5.91 Å². The van der Waals surface area contributed by atoms with Crippen LogP contribution in [0.4, 0.5) is 0 Å². The number of hydrogen-bond acceptors (Lipinski definition) is 4. The summed E-state index contributed by atoms with van der Waals surface area (Å²) >= 11 is 0. The highest BCUT2D eigenvalue weighted by atomic mass is 16.2. The van der Waals surface area contributed by atoms with Crippen molar-refractivity contribution in [1.82, 2.24) is 20.2 Å². The van der Waals surface area contributed by atoms with E-state index >= 15 is 0 Å². The van der Waals surface area contributed by atoms with Gasteiger partial charge in [0.15, 0.2) is 0 Å². The normalized spacial score (nSPS) is 23.3. The average Bonchev–Trinajstić information content (AvgIpc) is 2.95. The van der Waals surface area contributed by atoms with Crippen LogP contribution in [0.3, 0.4) is 0 Å². The van der Waals surface area contributed by atoms with Crippen LogP contribution in [0.2, 0.25) is 0 Å². The first-order valence-electron chi connectivity index (χ1n) is 8.58. The molecule has 0 radical (unpaired) electrons. The summed E-state index contributed by atoms with van der Waals surface area (Å²) in [5.74, 6) is 0.401. The van der Waals surface area contributed by atoms with Crippen LogP contribution in [0.25, 0.3) is 0 Å². The van der Waals surface area contributed by atoms with Crippen molar-refractivity contribution in [2.75, 3.05) is 13.1 Å². The molecular weight excluding hydrogens is 300 g/mol. The second-order valence-electron chi connectivity index (χ2n) is 6.84. The van der Waals surface area contributed by atoms with E-state index in [1.165, 1.54) is 5.56 Å². The largest absolute Gasteiger partial charge is 0.350 e. The summed E-state index contributed by atoms with van der Waals surface area (Å²) in [6.07, 6.45) is 8.07. The monoisotopic (exact) mass is 322 g/mol. The second kappa shape index (κ2) is 6.32. The SMILES string of the molecule is O=C1C[C@@H](c2cccnc2)C2(CCN(Cc3ccccn3)CC2)N1. The van der Waals surface area contributed by atoms with E-state index in [1.807, 2.05) is 30.6 Å². The zero-order valence-electron chi connectivity index (χ0n) is 13.7. The molecule has 4 heterocycles. The smallest absolute Gasteiger partial charge is 0.221 e. The van der Waals surface area contributed by atoms with E-state index in [2.05, 4.69) is 32.3 Å². The molecule has 2 aliphatic rings. The molecule has 0 bridgehead atoms. The number of carbonyl (C=O) groups excluding carboxylic acids is 1. The van der Waals surface area contributed by atoms with Gasteiger partial charge in [-0.3, -0.25) is 19.7 Å². The number of nitrogens with one attached hydrogen (secondary N) is 1. The average molecular weight is 322 g/mol. The third kappa shape index (κ3) is 2.91. The molecule has 5 nitrogen and oxygen atoms in total. The Morgan fingerprint density at radius 1 is 1.17 bits per heavy atom. The number of rotatable bonds is 3. The molecule has 1 atom stereocenters.